The van der Waals surface area contributed by atoms with Gasteiger partial charge >= 0.3 is 0 Å². The number of hydrogen-bond donors (Lipinski definition) is 1. The molecule has 0 amide bonds. The molecule has 100 valence electrons. The minimum absolute atomic E-state index is 0.254. The lowest BCUT2D eigenvalue weighted by molar-refractivity contribution is 0.563. The molecule has 0 fully saturated rings. The third-order valence-corrected chi connectivity index (χ3v) is 3.57. The van der Waals surface area contributed by atoms with Gasteiger partial charge in [0.15, 0.2) is 0 Å². The zero-order valence-corrected chi connectivity index (χ0v) is 11.3. The molecule has 2 aromatic carbocycles. The molecule has 19 heavy (non-hydrogen) atoms. The van der Waals surface area contributed by atoms with Gasteiger partial charge in [0.2, 0.25) is 0 Å². The smallest absolute Gasteiger partial charge is 0.129 e. The first-order chi connectivity index (χ1) is 8.97. The van der Waals surface area contributed by atoms with Crippen molar-refractivity contribution in [1.29, 1.82) is 0 Å². The van der Waals surface area contributed by atoms with Crippen LogP contribution in [-0.2, 0) is 6.42 Å². The standard InChI is InChI=1S/C14H11Cl2F2N/c15-11-4-2-9(5-12(11)16)14(19)6-8-1-3-10(17)7-13(8)18/h1-5,7,14H,6,19H2. The van der Waals surface area contributed by atoms with Gasteiger partial charge in [-0.25, -0.2) is 8.78 Å². The minimum Gasteiger partial charge on any atom is -0.324 e. The Labute approximate surface area is 119 Å². The van der Waals surface area contributed by atoms with Crippen LogP contribution in [0.15, 0.2) is 36.4 Å². The van der Waals surface area contributed by atoms with E-state index in [-0.39, 0.29) is 6.42 Å². The van der Waals surface area contributed by atoms with Gasteiger partial charge in [-0.2, -0.15) is 0 Å². The molecule has 2 aromatic rings. The lowest BCUT2D eigenvalue weighted by Gasteiger charge is -2.13. The van der Waals surface area contributed by atoms with E-state index in [0.29, 0.717) is 15.6 Å². The summed E-state index contributed by atoms with van der Waals surface area (Å²) in [5.41, 5.74) is 7.10. The Morgan fingerprint density at radius 3 is 2.37 bits per heavy atom. The molecule has 1 nitrogen and oxygen atoms in total. The molecule has 0 aliphatic heterocycles. The summed E-state index contributed by atoms with van der Waals surface area (Å²) < 4.78 is 26.3. The first-order valence-electron chi connectivity index (χ1n) is 5.62. The molecule has 2 rings (SSSR count). The van der Waals surface area contributed by atoms with E-state index < -0.39 is 17.7 Å². The zero-order valence-electron chi connectivity index (χ0n) is 9.84. The molecule has 5 heteroatoms. The maximum Gasteiger partial charge on any atom is 0.129 e. The Morgan fingerprint density at radius 2 is 1.74 bits per heavy atom. The van der Waals surface area contributed by atoms with E-state index in [4.69, 9.17) is 28.9 Å². The first-order valence-corrected chi connectivity index (χ1v) is 6.37. The van der Waals surface area contributed by atoms with Gasteiger partial charge < -0.3 is 5.73 Å². The van der Waals surface area contributed by atoms with Crippen LogP contribution in [0.25, 0.3) is 0 Å². The summed E-state index contributed by atoms with van der Waals surface area (Å²) in [5, 5.41) is 0.833. The number of hydrogen-bond acceptors (Lipinski definition) is 1. The Bertz CT molecular complexity index is 602. The SMILES string of the molecule is NC(Cc1ccc(F)cc1F)c1ccc(Cl)c(Cl)c1. The molecule has 2 N–H and O–H groups in total. The van der Waals surface area contributed by atoms with Crippen molar-refractivity contribution in [3.8, 4) is 0 Å². The van der Waals surface area contributed by atoms with Gasteiger partial charge in [0.05, 0.1) is 10.0 Å². The molecule has 1 atom stereocenters. The van der Waals surface area contributed by atoms with Gasteiger partial charge in [-0.3, -0.25) is 0 Å². The summed E-state index contributed by atoms with van der Waals surface area (Å²) in [5.74, 6) is -1.21. The molecule has 0 aromatic heterocycles. The third kappa shape index (κ3) is 3.44. The number of rotatable bonds is 3. The fourth-order valence-electron chi connectivity index (χ4n) is 1.79. The van der Waals surface area contributed by atoms with E-state index in [0.717, 1.165) is 11.6 Å². The Kier molecular flexibility index (Phi) is 4.40. The fraction of sp³-hybridized carbons (Fsp3) is 0.143. The average molecular weight is 302 g/mol. The van der Waals surface area contributed by atoms with Crippen LogP contribution < -0.4 is 5.73 Å². The summed E-state index contributed by atoms with van der Waals surface area (Å²) >= 11 is 11.7. The lowest BCUT2D eigenvalue weighted by Crippen LogP contribution is -2.14. The summed E-state index contributed by atoms with van der Waals surface area (Å²) in [6.07, 6.45) is 0.254. The predicted molar refractivity (Wildman–Crippen MR) is 73.5 cm³/mol. The van der Waals surface area contributed by atoms with Crippen molar-refractivity contribution in [3.63, 3.8) is 0 Å². The van der Waals surface area contributed by atoms with Crippen molar-refractivity contribution >= 4 is 23.2 Å². The number of halogens is 4. The van der Waals surface area contributed by atoms with Crippen molar-refractivity contribution in [1.82, 2.24) is 0 Å². The minimum atomic E-state index is -0.607. The molecule has 0 spiro atoms. The molecule has 0 heterocycles. The highest BCUT2D eigenvalue weighted by atomic mass is 35.5. The summed E-state index contributed by atoms with van der Waals surface area (Å²) in [7, 11) is 0. The van der Waals surface area contributed by atoms with Gasteiger partial charge in [0, 0.05) is 12.1 Å². The third-order valence-electron chi connectivity index (χ3n) is 2.83. The van der Waals surface area contributed by atoms with Gasteiger partial charge in [0.1, 0.15) is 11.6 Å². The Hall–Kier alpha value is -1.16. The van der Waals surface area contributed by atoms with Crippen LogP contribution in [0.1, 0.15) is 17.2 Å². The zero-order chi connectivity index (χ0) is 14.0. The summed E-state index contributed by atoms with van der Waals surface area (Å²) in [4.78, 5) is 0. The maximum atomic E-state index is 13.5. The van der Waals surface area contributed by atoms with E-state index in [1.165, 1.54) is 12.1 Å². The Balaban J connectivity index is 2.20. The molecule has 0 saturated carbocycles. The van der Waals surface area contributed by atoms with Gasteiger partial charge in [-0.1, -0.05) is 35.3 Å². The van der Waals surface area contributed by atoms with Gasteiger partial charge in [-0.05, 0) is 35.7 Å². The molecular formula is C14H11Cl2F2N. The fourth-order valence-corrected chi connectivity index (χ4v) is 2.09. The van der Waals surface area contributed by atoms with E-state index in [1.807, 2.05) is 0 Å². The van der Waals surface area contributed by atoms with Crippen LogP contribution in [0, 0.1) is 11.6 Å². The highest BCUT2D eigenvalue weighted by molar-refractivity contribution is 6.42. The van der Waals surface area contributed by atoms with E-state index in [1.54, 1.807) is 18.2 Å². The van der Waals surface area contributed by atoms with Crippen LogP contribution in [0.4, 0.5) is 8.78 Å². The molecular weight excluding hydrogens is 291 g/mol. The average Bonchev–Trinajstić information content (AvgIpc) is 2.36. The highest BCUT2D eigenvalue weighted by Crippen LogP contribution is 2.26. The monoisotopic (exact) mass is 301 g/mol. The van der Waals surface area contributed by atoms with Crippen LogP contribution in [0.5, 0.6) is 0 Å². The highest BCUT2D eigenvalue weighted by Gasteiger charge is 2.12. The number of benzene rings is 2. The largest absolute Gasteiger partial charge is 0.324 e. The molecule has 0 aliphatic rings. The molecule has 1 unspecified atom stereocenters. The Morgan fingerprint density at radius 1 is 1.00 bits per heavy atom. The van der Waals surface area contributed by atoms with Crippen molar-refractivity contribution in [2.24, 2.45) is 5.73 Å². The van der Waals surface area contributed by atoms with Crippen molar-refractivity contribution < 1.29 is 8.78 Å². The van der Waals surface area contributed by atoms with Gasteiger partial charge in [0.25, 0.3) is 0 Å². The summed E-state index contributed by atoms with van der Waals surface area (Å²) in [6, 6.07) is 8.03. The molecule has 0 aliphatic carbocycles. The van der Waals surface area contributed by atoms with Crippen LogP contribution in [-0.4, -0.2) is 0 Å². The maximum absolute atomic E-state index is 13.5. The number of nitrogens with two attached hydrogens (primary N) is 1. The second-order valence-electron chi connectivity index (χ2n) is 4.22. The van der Waals surface area contributed by atoms with Crippen LogP contribution in [0.2, 0.25) is 10.0 Å². The topological polar surface area (TPSA) is 26.0 Å². The molecule has 0 radical (unpaired) electrons. The van der Waals surface area contributed by atoms with Crippen LogP contribution >= 0.6 is 23.2 Å². The van der Waals surface area contributed by atoms with Crippen molar-refractivity contribution in [3.05, 3.63) is 69.2 Å². The van der Waals surface area contributed by atoms with Crippen LogP contribution in [0.3, 0.4) is 0 Å². The van der Waals surface area contributed by atoms with E-state index in [2.05, 4.69) is 0 Å². The quantitative estimate of drug-likeness (QED) is 0.886. The molecule has 0 bridgehead atoms. The van der Waals surface area contributed by atoms with Gasteiger partial charge in [-0.15, -0.1) is 0 Å². The van der Waals surface area contributed by atoms with Crippen molar-refractivity contribution in [2.75, 3.05) is 0 Å². The molecule has 0 saturated heterocycles. The van der Waals surface area contributed by atoms with E-state index in [9.17, 15) is 8.78 Å². The van der Waals surface area contributed by atoms with Crippen molar-refractivity contribution in [2.45, 2.75) is 12.5 Å². The predicted octanol–water partition coefficient (Wildman–Crippen LogP) is 4.51. The summed E-state index contributed by atoms with van der Waals surface area (Å²) in [6.45, 7) is 0. The lowest BCUT2D eigenvalue weighted by atomic mass is 9.99. The second-order valence-corrected chi connectivity index (χ2v) is 5.03. The van der Waals surface area contributed by atoms with E-state index >= 15 is 0 Å². The normalized spacial score (nSPS) is 12.5. The first kappa shape index (κ1) is 14.3. The second kappa shape index (κ2) is 5.87.